The van der Waals surface area contributed by atoms with Gasteiger partial charge in [0.1, 0.15) is 4.83 Å². The fraction of sp³-hybridized carbons (Fsp3) is 0.278. The van der Waals surface area contributed by atoms with Gasteiger partial charge in [-0.1, -0.05) is 18.2 Å². The van der Waals surface area contributed by atoms with E-state index in [2.05, 4.69) is 10.4 Å². The van der Waals surface area contributed by atoms with Crippen molar-refractivity contribution >= 4 is 33.4 Å². The molecule has 3 rings (SSSR count). The first-order chi connectivity index (χ1) is 12.0. The minimum absolute atomic E-state index is 0.0188. The van der Waals surface area contributed by atoms with Crippen molar-refractivity contribution in [1.29, 1.82) is 0 Å². The zero-order chi connectivity index (χ0) is 18.0. The Kier molecular flexibility index (Phi) is 4.85. The van der Waals surface area contributed by atoms with Gasteiger partial charge in [-0.15, -0.1) is 11.3 Å². The molecule has 2 heterocycles. The van der Waals surface area contributed by atoms with E-state index in [-0.39, 0.29) is 11.8 Å². The molecule has 0 saturated carbocycles. The number of nitrogens with one attached hydrogen (secondary N) is 1. The van der Waals surface area contributed by atoms with Gasteiger partial charge in [-0.25, -0.2) is 4.68 Å². The Bertz CT molecular complexity index is 914. The number of benzene rings is 1. The average Bonchev–Trinajstić information content (AvgIpc) is 3.16. The lowest BCUT2D eigenvalue weighted by Crippen LogP contribution is -2.34. The Morgan fingerprint density at radius 2 is 2.00 bits per heavy atom. The molecule has 6 nitrogen and oxygen atoms in total. The van der Waals surface area contributed by atoms with Crippen LogP contribution in [0.15, 0.2) is 36.4 Å². The Labute approximate surface area is 150 Å². The average molecular weight is 356 g/mol. The highest BCUT2D eigenvalue weighted by molar-refractivity contribution is 7.20. The second-order valence-corrected chi connectivity index (χ2v) is 6.89. The first-order valence-electron chi connectivity index (χ1n) is 8.02. The summed E-state index contributed by atoms with van der Waals surface area (Å²) < 4.78 is 1.87. The predicted molar refractivity (Wildman–Crippen MR) is 99.3 cm³/mol. The van der Waals surface area contributed by atoms with Gasteiger partial charge >= 0.3 is 0 Å². The molecule has 0 aliphatic carbocycles. The maximum Gasteiger partial charge on any atom is 0.261 e. The van der Waals surface area contributed by atoms with Gasteiger partial charge in [0.25, 0.3) is 5.91 Å². The van der Waals surface area contributed by atoms with Crippen LogP contribution >= 0.6 is 11.3 Å². The number of hydrogen-bond acceptors (Lipinski definition) is 4. The summed E-state index contributed by atoms with van der Waals surface area (Å²) >= 11 is 1.42. The Morgan fingerprint density at radius 1 is 1.28 bits per heavy atom. The lowest BCUT2D eigenvalue weighted by Gasteiger charge is -2.14. The number of hydrogen-bond donors (Lipinski definition) is 1. The first kappa shape index (κ1) is 17.2. The highest BCUT2D eigenvalue weighted by Gasteiger charge is 2.17. The summed E-state index contributed by atoms with van der Waals surface area (Å²) in [7, 11) is 1.71. The fourth-order valence-electron chi connectivity index (χ4n) is 2.49. The zero-order valence-electron chi connectivity index (χ0n) is 14.4. The Morgan fingerprint density at radius 3 is 2.68 bits per heavy atom. The van der Waals surface area contributed by atoms with Gasteiger partial charge in [0, 0.05) is 32.4 Å². The van der Waals surface area contributed by atoms with Gasteiger partial charge in [0.2, 0.25) is 5.91 Å². The molecule has 0 bridgehead atoms. The minimum Gasteiger partial charge on any atom is -0.350 e. The largest absolute Gasteiger partial charge is 0.350 e. The van der Waals surface area contributed by atoms with E-state index in [0.29, 0.717) is 18.0 Å². The lowest BCUT2D eigenvalue weighted by molar-refractivity contribution is -0.127. The third-order valence-electron chi connectivity index (χ3n) is 4.04. The maximum atomic E-state index is 12.4. The monoisotopic (exact) mass is 356 g/mol. The van der Waals surface area contributed by atoms with E-state index in [1.165, 1.54) is 18.3 Å². The maximum absolute atomic E-state index is 12.4. The van der Waals surface area contributed by atoms with Gasteiger partial charge in [-0.05, 0) is 25.1 Å². The number of carbonyl (C=O) groups excluding carboxylic acids is 2. The fourth-order valence-corrected chi connectivity index (χ4v) is 3.58. The highest BCUT2D eigenvalue weighted by Crippen LogP contribution is 2.30. The van der Waals surface area contributed by atoms with Gasteiger partial charge < -0.3 is 10.2 Å². The summed E-state index contributed by atoms with van der Waals surface area (Å²) in [6, 6.07) is 11.7. The van der Waals surface area contributed by atoms with Crippen LogP contribution in [0, 0.1) is 6.92 Å². The Balaban J connectivity index is 1.80. The number of para-hydroxylation sites is 1. The van der Waals surface area contributed by atoms with Crippen LogP contribution in [0.1, 0.15) is 22.3 Å². The molecule has 0 saturated heterocycles. The van der Waals surface area contributed by atoms with Gasteiger partial charge in [0.05, 0.1) is 16.3 Å². The summed E-state index contributed by atoms with van der Waals surface area (Å²) in [5, 5.41) is 8.42. The third-order valence-corrected chi connectivity index (χ3v) is 5.15. The number of amides is 2. The number of carbonyl (C=O) groups is 2. The van der Waals surface area contributed by atoms with E-state index in [1.807, 2.05) is 48.0 Å². The van der Waals surface area contributed by atoms with E-state index in [4.69, 9.17) is 0 Å². The number of likely N-dealkylation sites (N-methyl/N-ethyl adjacent to an activating group) is 1. The zero-order valence-corrected chi connectivity index (χ0v) is 15.3. The molecule has 0 radical (unpaired) electrons. The molecule has 2 aromatic heterocycles. The smallest absolute Gasteiger partial charge is 0.261 e. The van der Waals surface area contributed by atoms with E-state index in [0.717, 1.165) is 21.6 Å². The molecular formula is C18H20N4O2S. The normalized spacial score (nSPS) is 10.8. The van der Waals surface area contributed by atoms with Crippen molar-refractivity contribution in [3.8, 4) is 5.69 Å². The van der Waals surface area contributed by atoms with Crippen molar-refractivity contribution in [2.45, 2.75) is 13.8 Å². The van der Waals surface area contributed by atoms with Crippen LogP contribution in [0.5, 0.6) is 0 Å². The first-order valence-corrected chi connectivity index (χ1v) is 8.83. The topological polar surface area (TPSA) is 67.2 Å². The molecule has 0 atom stereocenters. The Hall–Kier alpha value is -2.67. The SMILES string of the molecule is CC(=O)N(C)CCNC(=O)c1cc2c(C)nn(-c3ccccc3)c2s1. The summed E-state index contributed by atoms with van der Waals surface area (Å²) in [4.78, 5) is 26.7. The lowest BCUT2D eigenvalue weighted by atomic mass is 10.3. The van der Waals surface area contributed by atoms with Crippen molar-refractivity contribution in [3.63, 3.8) is 0 Å². The number of aromatic nitrogens is 2. The predicted octanol–water partition coefficient (Wildman–Crippen LogP) is 2.60. The molecule has 130 valence electrons. The quantitative estimate of drug-likeness (QED) is 0.764. The summed E-state index contributed by atoms with van der Waals surface area (Å²) in [6.45, 7) is 4.36. The molecule has 0 aliphatic heterocycles. The van der Waals surface area contributed by atoms with Crippen LogP contribution in [0.3, 0.4) is 0 Å². The molecule has 1 N–H and O–H groups in total. The molecule has 0 unspecified atom stereocenters. The van der Waals surface area contributed by atoms with E-state index >= 15 is 0 Å². The second-order valence-electron chi connectivity index (χ2n) is 5.86. The molecule has 7 heteroatoms. The number of fused-ring (bicyclic) bond motifs is 1. The molecule has 0 spiro atoms. The summed E-state index contributed by atoms with van der Waals surface area (Å²) in [5.41, 5.74) is 1.86. The molecule has 25 heavy (non-hydrogen) atoms. The van der Waals surface area contributed by atoms with Gasteiger partial charge in [-0.2, -0.15) is 5.10 Å². The van der Waals surface area contributed by atoms with Crippen LogP contribution in [-0.2, 0) is 4.79 Å². The van der Waals surface area contributed by atoms with Crippen LogP contribution in [-0.4, -0.2) is 46.6 Å². The van der Waals surface area contributed by atoms with Gasteiger partial charge in [-0.3, -0.25) is 9.59 Å². The van der Waals surface area contributed by atoms with Gasteiger partial charge in [0.15, 0.2) is 0 Å². The number of thiophene rings is 1. The number of aryl methyl sites for hydroxylation is 1. The van der Waals surface area contributed by atoms with Crippen LogP contribution in [0.2, 0.25) is 0 Å². The van der Waals surface area contributed by atoms with E-state index in [1.54, 1.807) is 11.9 Å². The standard InChI is InChI=1S/C18H20N4O2S/c1-12-15-11-16(17(24)19-9-10-21(3)13(2)23)25-18(15)22(20-12)14-7-5-4-6-8-14/h4-8,11H,9-10H2,1-3H3,(H,19,24). The minimum atomic E-state index is -0.128. The molecule has 0 aliphatic rings. The van der Waals surface area contributed by atoms with Crippen LogP contribution < -0.4 is 5.32 Å². The van der Waals surface area contributed by atoms with Crippen LogP contribution in [0.25, 0.3) is 15.9 Å². The second kappa shape index (κ2) is 7.06. The summed E-state index contributed by atoms with van der Waals surface area (Å²) in [6.07, 6.45) is 0. The van der Waals surface area contributed by atoms with E-state index in [9.17, 15) is 9.59 Å². The molecule has 2 amide bonds. The van der Waals surface area contributed by atoms with Crippen molar-refractivity contribution in [2.24, 2.45) is 0 Å². The van der Waals surface area contributed by atoms with Crippen molar-refractivity contribution in [2.75, 3.05) is 20.1 Å². The molecule has 1 aromatic carbocycles. The van der Waals surface area contributed by atoms with E-state index < -0.39 is 0 Å². The highest BCUT2D eigenvalue weighted by atomic mass is 32.1. The number of nitrogens with zero attached hydrogens (tertiary/aromatic N) is 3. The summed E-state index contributed by atoms with van der Waals surface area (Å²) in [5.74, 6) is -0.146. The van der Waals surface area contributed by atoms with Crippen molar-refractivity contribution in [1.82, 2.24) is 20.0 Å². The number of rotatable bonds is 5. The third kappa shape index (κ3) is 3.56. The van der Waals surface area contributed by atoms with Crippen molar-refractivity contribution in [3.05, 3.63) is 47.0 Å². The molecular weight excluding hydrogens is 336 g/mol. The van der Waals surface area contributed by atoms with Crippen LogP contribution in [0.4, 0.5) is 0 Å². The van der Waals surface area contributed by atoms with Crippen molar-refractivity contribution < 1.29 is 9.59 Å². The molecule has 0 fully saturated rings. The molecule has 3 aromatic rings.